The molecule has 0 saturated carbocycles. The van der Waals surface area contributed by atoms with Crippen LogP contribution in [0.2, 0.25) is 0 Å². The third kappa shape index (κ3) is 12.7. The monoisotopic (exact) mass is 450 g/mol. The minimum Gasteiger partial charge on any atom is -0.545 e. The molecule has 8 heteroatoms. The first-order chi connectivity index (χ1) is 12.9. The molecule has 0 amide bonds. The van der Waals surface area contributed by atoms with Crippen molar-refractivity contribution in [2.45, 2.75) is 0 Å². The molecule has 0 fully saturated rings. The van der Waals surface area contributed by atoms with Crippen molar-refractivity contribution >= 4 is 17.9 Å². The number of rotatable bonds is 3. The van der Waals surface area contributed by atoms with E-state index < -0.39 is 17.9 Å². The second-order valence-corrected chi connectivity index (χ2v) is 4.96. The number of hydrogen-bond acceptors (Lipinski definition) is 6. The smallest absolute Gasteiger partial charge is 0.545 e. The summed E-state index contributed by atoms with van der Waals surface area (Å²) in [6.07, 6.45) is 0. The van der Waals surface area contributed by atoms with Gasteiger partial charge >= 0.3 is 49.0 Å². The topological polar surface area (TPSA) is 120 Å². The molecule has 0 radical (unpaired) electrons. The van der Waals surface area contributed by atoms with Gasteiger partial charge in [0.1, 0.15) is 0 Å². The molecule has 0 aliphatic heterocycles. The van der Waals surface area contributed by atoms with Crippen LogP contribution in [0.25, 0.3) is 0 Å². The van der Waals surface area contributed by atoms with E-state index in [0.29, 0.717) is 0 Å². The predicted octanol–water partition coefficient (Wildman–Crippen LogP) is -2.85. The summed E-state index contributed by atoms with van der Waals surface area (Å²) in [6, 6.07) is 24.2. The van der Waals surface area contributed by atoms with Gasteiger partial charge in [0.05, 0.1) is 17.9 Å². The van der Waals surface area contributed by atoms with E-state index >= 15 is 0 Å². The van der Waals surface area contributed by atoms with Gasteiger partial charge in [-0.15, -0.1) is 0 Å². The van der Waals surface area contributed by atoms with Gasteiger partial charge < -0.3 is 29.7 Å². The molecule has 0 aromatic heterocycles. The Labute approximate surface area is 203 Å². The first-order valence-electron chi connectivity index (χ1n) is 7.71. The molecule has 0 atom stereocenters. The molecular weight excluding hydrogens is 437 g/mol. The normalized spacial score (nSPS) is 8.28. The molecule has 0 spiro atoms. The van der Waals surface area contributed by atoms with Crippen LogP contribution in [-0.2, 0) is 19.5 Å². The van der Waals surface area contributed by atoms with Crippen molar-refractivity contribution in [3.8, 4) is 0 Å². The summed E-state index contributed by atoms with van der Waals surface area (Å²) in [5, 5.41) is 30.3. The van der Waals surface area contributed by atoms with E-state index in [0.717, 1.165) is 0 Å². The molecule has 0 N–H and O–H groups in total. The molecule has 0 unspecified atom stereocenters. The number of aromatic carboxylic acids is 3. The Kier molecular flexibility index (Phi) is 16.6. The summed E-state index contributed by atoms with van der Waals surface area (Å²) in [4.78, 5) is 30.3. The molecule has 0 bridgehead atoms. The summed E-state index contributed by atoms with van der Waals surface area (Å²) in [5.41, 5.74) is 0.660. The minimum atomic E-state index is -1.13. The zero-order valence-corrected chi connectivity index (χ0v) is 20.8. The Bertz CT molecular complexity index is 740. The molecule has 0 aliphatic rings. The molecule has 0 saturated heterocycles. The molecule has 6 nitrogen and oxygen atoms in total. The zero-order valence-electron chi connectivity index (χ0n) is 15.8. The number of carboxylic acids is 3. The number of carboxylic acid groups (broad SMARTS) is 3. The molecule has 138 valence electrons. The maximum absolute atomic E-state index is 10.1. The van der Waals surface area contributed by atoms with Gasteiger partial charge in [0.2, 0.25) is 0 Å². The summed E-state index contributed by atoms with van der Waals surface area (Å²) in [5.74, 6) is -3.39. The van der Waals surface area contributed by atoms with Crippen LogP contribution in [0.5, 0.6) is 0 Å². The van der Waals surface area contributed by atoms with E-state index in [1.807, 2.05) is 0 Å². The molecule has 0 heterocycles. The number of carbonyl (C=O) groups excluding carboxylic acids is 3. The van der Waals surface area contributed by atoms with Gasteiger partial charge in [-0.3, -0.25) is 0 Å². The molecule has 3 rings (SSSR count). The summed E-state index contributed by atoms with van der Waals surface area (Å²) in [6.45, 7) is 0. The quantitative estimate of drug-likeness (QED) is 0.395. The standard InChI is InChI=1S/3C7H6O2.Na.Zn/c3*8-7(9)6-4-2-1-3-5-6;;/h3*1-5H,(H,8,9);;/q;;;+1;+2/p-3. The third-order valence-corrected chi connectivity index (χ3v) is 3.03. The molecule has 0 aliphatic carbocycles. The predicted molar refractivity (Wildman–Crippen MR) is 92.3 cm³/mol. The van der Waals surface area contributed by atoms with Crippen LogP contribution in [0.3, 0.4) is 0 Å². The minimum absolute atomic E-state index is 0. The van der Waals surface area contributed by atoms with Gasteiger partial charge in [-0.1, -0.05) is 91.0 Å². The maximum Gasteiger partial charge on any atom is 2.00 e. The van der Waals surface area contributed by atoms with Gasteiger partial charge in [0.15, 0.2) is 0 Å². The summed E-state index contributed by atoms with van der Waals surface area (Å²) in [7, 11) is 0. The Hall–Kier alpha value is -2.31. The zero-order chi connectivity index (χ0) is 20.1. The molecule has 29 heavy (non-hydrogen) atoms. The fourth-order valence-electron chi connectivity index (χ4n) is 1.72. The van der Waals surface area contributed by atoms with Crippen LogP contribution in [-0.4, -0.2) is 17.9 Å². The second kappa shape index (κ2) is 16.6. The van der Waals surface area contributed by atoms with E-state index in [-0.39, 0.29) is 65.7 Å². The third-order valence-electron chi connectivity index (χ3n) is 3.03. The van der Waals surface area contributed by atoms with E-state index in [1.165, 1.54) is 36.4 Å². The first-order valence-corrected chi connectivity index (χ1v) is 7.71. The SMILES string of the molecule is O=C([O-])c1ccccc1.O=C([O-])c1ccccc1.O=C([O-])c1ccccc1.[Na+].[Zn+2]. The van der Waals surface area contributed by atoms with E-state index in [9.17, 15) is 29.7 Å². The van der Waals surface area contributed by atoms with Crippen molar-refractivity contribution in [2.24, 2.45) is 0 Å². The van der Waals surface area contributed by atoms with Crippen LogP contribution in [0, 0.1) is 0 Å². The maximum atomic E-state index is 10.1. The summed E-state index contributed by atoms with van der Waals surface area (Å²) >= 11 is 0. The van der Waals surface area contributed by atoms with Crippen LogP contribution in [0.4, 0.5) is 0 Å². The fraction of sp³-hybridized carbons (Fsp3) is 0. The molecule has 3 aromatic carbocycles. The van der Waals surface area contributed by atoms with E-state index in [1.54, 1.807) is 54.6 Å². The Morgan fingerprint density at radius 2 is 0.621 bits per heavy atom. The van der Waals surface area contributed by atoms with Crippen molar-refractivity contribution < 1.29 is 78.7 Å². The Balaban J connectivity index is 0. The van der Waals surface area contributed by atoms with Gasteiger partial charge in [-0.2, -0.15) is 0 Å². The van der Waals surface area contributed by atoms with E-state index in [2.05, 4.69) is 0 Å². The van der Waals surface area contributed by atoms with Crippen molar-refractivity contribution in [1.82, 2.24) is 0 Å². The number of carbonyl (C=O) groups is 3. The van der Waals surface area contributed by atoms with Gasteiger partial charge in [0, 0.05) is 0 Å². The molecular formula is C21H15NaO6Zn. The van der Waals surface area contributed by atoms with Gasteiger partial charge in [-0.25, -0.2) is 0 Å². The van der Waals surface area contributed by atoms with Crippen molar-refractivity contribution in [2.75, 3.05) is 0 Å². The van der Waals surface area contributed by atoms with Crippen LogP contribution in [0.1, 0.15) is 31.1 Å². The fourth-order valence-corrected chi connectivity index (χ4v) is 1.72. The largest absolute Gasteiger partial charge is 2.00 e. The van der Waals surface area contributed by atoms with Crippen LogP contribution >= 0.6 is 0 Å². The number of hydrogen-bond donors (Lipinski definition) is 0. The number of benzene rings is 3. The average molecular weight is 452 g/mol. The Morgan fingerprint density at radius 3 is 0.724 bits per heavy atom. The Morgan fingerprint density at radius 1 is 0.448 bits per heavy atom. The van der Waals surface area contributed by atoms with Crippen molar-refractivity contribution in [1.29, 1.82) is 0 Å². The average Bonchev–Trinajstić information content (AvgIpc) is 2.71. The van der Waals surface area contributed by atoms with Gasteiger partial charge in [-0.05, 0) is 16.7 Å². The van der Waals surface area contributed by atoms with Crippen molar-refractivity contribution in [3.05, 3.63) is 108 Å². The van der Waals surface area contributed by atoms with Crippen LogP contribution < -0.4 is 44.9 Å². The summed E-state index contributed by atoms with van der Waals surface area (Å²) < 4.78 is 0. The second-order valence-electron chi connectivity index (χ2n) is 4.96. The van der Waals surface area contributed by atoms with E-state index in [4.69, 9.17) is 0 Å². The molecule has 3 aromatic rings. The van der Waals surface area contributed by atoms with Gasteiger partial charge in [0.25, 0.3) is 0 Å². The first kappa shape index (κ1) is 28.9. The van der Waals surface area contributed by atoms with Crippen molar-refractivity contribution in [3.63, 3.8) is 0 Å². The van der Waals surface area contributed by atoms with Crippen LogP contribution in [0.15, 0.2) is 91.0 Å².